The van der Waals surface area contributed by atoms with Crippen molar-refractivity contribution < 1.29 is 4.79 Å². The molecule has 0 aliphatic rings. The number of unbranched alkanes of at least 4 members (excludes halogenated alkanes) is 3. The molecule has 0 aliphatic carbocycles. The maximum absolute atomic E-state index is 11.1. The molecule has 0 aromatic heterocycles. The lowest BCUT2D eigenvalue weighted by Gasteiger charge is -2.03. The summed E-state index contributed by atoms with van der Waals surface area (Å²) in [5.41, 5.74) is 0. The van der Waals surface area contributed by atoms with Gasteiger partial charge in [-0.15, -0.1) is 11.6 Å². The summed E-state index contributed by atoms with van der Waals surface area (Å²) in [4.78, 5) is 11.1. The van der Waals surface area contributed by atoms with E-state index in [1.165, 1.54) is 12.8 Å². The number of carbonyl (C=O) groups is 1. The molecule has 78 valence electrons. The predicted molar refractivity (Wildman–Crippen MR) is 57.1 cm³/mol. The lowest BCUT2D eigenvalue weighted by molar-refractivity contribution is -0.121. The minimum absolute atomic E-state index is 0.168. The number of hydrogen-bond donors (Lipinski definition) is 1. The Morgan fingerprint density at radius 2 is 2.00 bits per heavy atom. The third-order valence-electron chi connectivity index (χ3n) is 1.89. The summed E-state index contributed by atoms with van der Waals surface area (Å²) < 4.78 is 0. The highest BCUT2D eigenvalue weighted by atomic mass is 35.5. The Labute approximate surface area is 86.0 Å². The number of carbonyl (C=O) groups excluding carboxylic acids is 1. The Bertz CT molecular complexity index is 128. The van der Waals surface area contributed by atoms with Crippen LogP contribution in [0.3, 0.4) is 0 Å². The van der Waals surface area contributed by atoms with Gasteiger partial charge in [0.05, 0.1) is 0 Å². The van der Waals surface area contributed by atoms with E-state index in [-0.39, 0.29) is 5.91 Å². The summed E-state index contributed by atoms with van der Waals surface area (Å²) in [7, 11) is 0. The van der Waals surface area contributed by atoms with Crippen LogP contribution in [0, 0.1) is 0 Å². The van der Waals surface area contributed by atoms with Crippen LogP contribution in [0.15, 0.2) is 0 Å². The zero-order valence-electron chi connectivity index (χ0n) is 8.44. The Hall–Kier alpha value is -0.240. The zero-order valence-corrected chi connectivity index (χ0v) is 9.20. The van der Waals surface area contributed by atoms with Crippen molar-refractivity contribution in [2.24, 2.45) is 0 Å². The summed E-state index contributed by atoms with van der Waals surface area (Å²) in [6, 6.07) is 0. The second kappa shape index (κ2) is 9.85. The van der Waals surface area contributed by atoms with Crippen LogP contribution < -0.4 is 5.32 Å². The Balaban J connectivity index is 3.11. The highest BCUT2D eigenvalue weighted by Gasteiger charge is 1.98. The standard InChI is InChI=1S/C10H20ClNO/c1-2-3-6-9-12-10(13)7-4-5-8-11/h2-9H2,1H3,(H,12,13). The molecule has 0 saturated carbocycles. The molecule has 0 radical (unpaired) electrons. The van der Waals surface area contributed by atoms with Gasteiger partial charge in [-0.25, -0.2) is 0 Å². The first-order valence-electron chi connectivity index (χ1n) is 5.14. The molecule has 0 fully saturated rings. The van der Waals surface area contributed by atoms with Crippen molar-refractivity contribution in [2.75, 3.05) is 12.4 Å². The monoisotopic (exact) mass is 205 g/mol. The fourth-order valence-corrected chi connectivity index (χ4v) is 1.26. The molecule has 2 nitrogen and oxygen atoms in total. The fourth-order valence-electron chi connectivity index (χ4n) is 1.07. The first-order chi connectivity index (χ1) is 6.31. The third kappa shape index (κ3) is 9.68. The SMILES string of the molecule is CCCCCNC(=O)CCCCCl. The van der Waals surface area contributed by atoms with E-state index in [9.17, 15) is 4.79 Å². The zero-order chi connectivity index (χ0) is 9.94. The van der Waals surface area contributed by atoms with E-state index in [0.29, 0.717) is 12.3 Å². The van der Waals surface area contributed by atoms with Gasteiger partial charge in [0, 0.05) is 18.8 Å². The second-order valence-corrected chi connectivity index (χ2v) is 3.58. The molecular formula is C10H20ClNO. The van der Waals surface area contributed by atoms with E-state index in [4.69, 9.17) is 11.6 Å². The topological polar surface area (TPSA) is 29.1 Å². The Morgan fingerprint density at radius 3 is 2.62 bits per heavy atom. The van der Waals surface area contributed by atoms with Crippen LogP contribution in [-0.4, -0.2) is 18.3 Å². The van der Waals surface area contributed by atoms with E-state index in [0.717, 1.165) is 25.8 Å². The fraction of sp³-hybridized carbons (Fsp3) is 0.900. The first-order valence-corrected chi connectivity index (χ1v) is 5.67. The lowest BCUT2D eigenvalue weighted by atomic mass is 10.2. The molecule has 0 heterocycles. The van der Waals surface area contributed by atoms with Crippen LogP contribution in [-0.2, 0) is 4.79 Å². The normalized spacial score (nSPS) is 10.0. The van der Waals surface area contributed by atoms with Crippen molar-refractivity contribution in [1.82, 2.24) is 5.32 Å². The van der Waals surface area contributed by atoms with Gasteiger partial charge in [0.2, 0.25) is 5.91 Å². The molecule has 0 aliphatic heterocycles. The molecule has 0 aromatic carbocycles. The number of nitrogens with one attached hydrogen (secondary N) is 1. The van der Waals surface area contributed by atoms with E-state index in [2.05, 4.69) is 12.2 Å². The molecule has 0 atom stereocenters. The molecule has 0 saturated heterocycles. The van der Waals surface area contributed by atoms with Gasteiger partial charge in [0.25, 0.3) is 0 Å². The summed E-state index contributed by atoms with van der Waals surface area (Å²) in [5, 5.41) is 2.89. The smallest absolute Gasteiger partial charge is 0.219 e. The number of rotatable bonds is 8. The van der Waals surface area contributed by atoms with Gasteiger partial charge in [0.1, 0.15) is 0 Å². The Morgan fingerprint density at radius 1 is 1.23 bits per heavy atom. The van der Waals surface area contributed by atoms with Crippen LogP contribution in [0.1, 0.15) is 45.4 Å². The minimum atomic E-state index is 0.168. The van der Waals surface area contributed by atoms with Gasteiger partial charge in [-0.05, 0) is 19.3 Å². The minimum Gasteiger partial charge on any atom is -0.356 e. The van der Waals surface area contributed by atoms with Gasteiger partial charge in [-0.2, -0.15) is 0 Å². The molecule has 0 spiro atoms. The van der Waals surface area contributed by atoms with Gasteiger partial charge in [-0.3, -0.25) is 4.79 Å². The average Bonchev–Trinajstić information content (AvgIpc) is 2.13. The van der Waals surface area contributed by atoms with Crippen molar-refractivity contribution in [3.8, 4) is 0 Å². The number of hydrogen-bond acceptors (Lipinski definition) is 1. The van der Waals surface area contributed by atoms with Crippen molar-refractivity contribution in [2.45, 2.75) is 45.4 Å². The lowest BCUT2D eigenvalue weighted by Crippen LogP contribution is -2.23. The highest BCUT2D eigenvalue weighted by molar-refractivity contribution is 6.17. The largest absolute Gasteiger partial charge is 0.356 e. The number of amides is 1. The van der Waals surface area contributed by atoms with Crippen molar-refractivity contribution >= 4 is 17.5 Å². The number of alkyl halides is 1. The molecule has 1 N–H and O–H groups in total. The molecule has 13 heavy (non-hydrogen) atoms. The first kappa shape index (κ1) is 12.8. The summed E-state index contributed by atoms with van der Waals surface area (Å²) in [6.45, 7) is 2.98. The molecule has 0 bridgehead atoms. The summed E-state index contributed by atoms with van der Waals surface area (Å²) in [6.07, 6.45) is 5.95. The molecule has 1 amide bonds. The summed E-state index contributed by atoms with van der Waals surface area (Å²) >= 11 is 5.50. The predicted octanol–water partition coefficient (Wildman–Crippen LogP) is 2.70. The van der Waals surface area contributed by atoms with Crippen LogP contribution in [0.25, 0.3) is 0 Å². The molecule has 0 rings (SSSR count). The van der Waals surface area contributed by atoms with E-state index in [1.807, 2.05) is 0 Å². The van der Waals surface area contributed by atoms with Crippen molar-refractivity contribution in [1.29, 1.82) is 0 Å². The van der Waals surface area contributed by atoms with Crippen molar-refractivity contribution in [3.63, 3.8) is 0 Å². The van der Waals surface area contributed by atoms with Gasteiger partial charge >= 0.3 is 0 Å². The van der Waals surface area contributed by atoms with Crippen LogP contribution in [0.4, 0.5) is 0 Å². The Kier molecular flexibility index (Phi) is 9.66. The maximum atomic E-state index is 11.1. The van der Waals surface area contributed by atoms with E-state index < -0.39 is 0 Å². The molecular weight excluding hydrogens is 186 g/mol. The maximum Gasteiger partial charge on any atom is 0.219 e. The highest BCUT2D eigenvalue weighted by Crippen LogP contribution is 1.97. The second-order valence-electron chi connectivity index (χ2n) is 3.20. The van der Waals surface area contributed by atoms with Crippen LogP contribution >= 0.6 is 11.6 Å². The van der Waals surface area contributed by atoms with Gasteiger partial charge in [0.15, 0.2) is 0 Å². The molecule has 0 aromatic rings. The van der Waals surface area contributed by atoms with Crippen LogP contribution in [0.5, 0.6) is 0 Å². The van der Waals surface area contributed by atoms with Gasteiger partial charge < -0.3 is 5.32 Å². The third-order valence-corrected chi connectivity index (χ3v) is 2.16. The summed E-state index contributed by atoms with van der Waals surface area (Å²) in [5.74, 6) is 0.824. The molecule has 3 heteroatoms. The number of halogens is 1. The van der Waals surface area contributed by atoms with E-state index >= 15 is 0 Å². The quantitative estimate of drug-likeness (QED) is 0.479. The van der Waals surface area contributed by atoms with Crippen LogP contribution in [0.2, 0.25) is 0 Å². The average molecular weight is 206 g/mol. The van der Waals surface area contributed by atoms with E-state index in [1.54, 1.807) is 0 Å². The molecule has 0 unspecified atom stereocenters. The van der Waals surface area contributed by atoms with Crippen molar-refractivity contribution in [3.05, 3.63) is 0 Å². The van der Waals surface area contributed by atoms with Gasteiger partial charge in [-0.1, -0.05) is 19.8 Å².